The van der Waals surface area contributed by atoms with E-state index in [4.69, 9.17) is 0 Å². The van der Waals surface area contributed by atoms with Gasteiger partial charge in [-0.05, 0) is 19.1 Å². The molecule has 0 bridgehead atoms. The van der Waals surface area contributed by atoms with E-state index in [0.29, 0.717) is 0 Å². The SMILES string of the molecule is COC(=O)C(O)c1cc(C)ccc1F. The van der Waals surface area contributed by atoms with Crippen molar-refractivity contribution in [1.82, 2.24) is 0 Å². The van der Waals surface area contributed by atoms with Crippen molar-refractivity contribution in [3.05, 3.63) is 35.1 Å². The third-order valence-corrected chi connectivity index (χ3v) is 1.87. The first-order valence-electron chi connectivity index (χ1n) is 4.08. The first-order valence-corrected chi connectivity index (χ1v) is 4.08. The fourth-order valence-electron chi connectivity index (χ4n) is 1.11. The van der Waals surface area contributed by atoms with E-state index in [1.165, 1.54) is 12.1 Å². The van der Waals surface area contributed by atoms with Gasteiger partial charge in [-0.15, -0.1) is 0 Å². The zero-order valence-electron chi connectivity index (χ0n) is 7.95. The van der Waals surface area contributed by atoms with Crippen molar-refractivity contribution in [1.29, 1.82) is 0 Å². The van der Waals surface area contributed by atoms with Crippen LogP contribution >= 0.6 is 0 Å². The van der Waals surface area contributed by atoms with E-state index in [1.807, 2.05) is 0 Å². The molecule has 0 fully saturated rings. The minimum atomic E-state index is -1.56. The molecular weight excluding hydrogens is 187 g/mol. The van der Waals surface area contributed by atoms with E-state index in [9.17, 15) is 14.3 Å². The number of aryl methyl sites for hydroxylation is 1. The van der Waals surface area contributed by atoms with Gasteiger partial charge in [-0.2, -0.15) is 0 Å². The van der Waals surface area contributed by atoms with Crippen LogP contribution in [0.4, 0.5) is 4.39 Å². The zero-order valence-corrected chi connectivity index (χ0v) is 7.95. The summed E-state index contributed by atoms with van der Waals surface area (Å²) in [6.07, 6.45) is -1.56. The smallest absolute Gasteiger partial charge is 0.339 e. The Bertz CT molecular complexity index is 349. The molecule has 76 valence electrons. The van der Waals surface area contributed by atoms with E-state index in [-0.39, 0.29) is 5.56 Å². The number of esters is 1. The predicted molar refractivity (Wildman–Crippen MR) is 48.1 cm³/mol. The predicted octanol–water partition coefficient (Wildman–Crippen LogP) is 1.34. The Hall–Kier alpha value is -1.42. The van der Waals surface area contributed by atoms with Crippen LogP contribution in [0.25, 0.3) is 0 Å². The molecular formula is C10H11FO3. The number of ether oxygens (including phenoxy) is 1. The van der Waals surface area contributed by atoms with Crippen molar-refractivity contribution in [2.24, 2.45) is 0 Å². The highest BCUT2D eigenvalue weighted by atomic mass is 19.1. The summed E-state index contributed by atoms with van der Waals surface area (Å²) in [5.74, 6) is -1.48. The Morgan fingerprint density at radius 2 is 2.21 bits per heavy atom. The highest BCUT2D eigenvalue weighted by Gasteiger charge is 2.21. The van der Waals surface area contributed by atoms with Gasteiger partial charge in [0.25, 0.3) is 0 Å². The fourth-order valence-corrected chi connectivity index (χ4v) is 1.11. The van der Waals surface area contributed by atoms with Crippen LogP contribution in [0, 0.1) is 12.7 Å². The summed E-state index contributed by atoms with van der Waals surface area (Å²) in [7, 11) is 1.14. The van der Waals surface area contributed by atoms with Gasteiger partial charge < -0.3 is 9.84 Å². The maximum atomic E-state index is 13.1. The van der Waals surface area contributed by atoms with Crippen molar-refractivity contribution in [2.45, 2.75) is 13.0 Å². The van der Waals surface area contributed by atoms with E-state index < -0.39 is 17.9 Å². The Labute approximate surface area is 81.1 Å². The summed E-state index contributed by atoms with van der Waals surface area (Å²) >= 11 is 0. The molecule has 0 aliphatic carbocycles. The molecule has 0 aliphatic heterocycles. The summed E-state index contributed by atoms with van der Waals surface area (Å²) in [6, 6.07) is 4.18. The van der Waals surface area contributed by atoms with Crippen molar-refractivity contribution in [3.8, 4) is 0 Å². The van der Waals surface area contributed by atoms with Crippen molar-refractivity contribution >= 4 is 5.97 Å². The molecule has 1 rings (SSSR count). The Kier molecular flexibility index (Phi) is 3.19. The lowest BCUT2D eigenvalue weighted by atomic mass is 10.1. The highest BCUT2D eigenvalue weighted by molar-refractivity contribution is 5.76. The molecule has 1 aromatic carbocycles. The van der Waals surface area contributed by atoms with Crippen LogP contribution in [-0.4, -0.2) is 18.2 Å². The number of aliphatic hydroxyl groups excluding tert-OH is 1. The Morgan fingerprint density at radius 3 is 2.79 bits per heavy atom. The zero-order chi connectivity index (χ0) is 10.7. The molecule has 0 spiro atoms. The second kappa shape index (κ2) is 4.19. The summed E-state index contributed by atoms with van der Waals surface area (Å²) in [4.78, 5) is 10.9. The van der Waals surface area contributed by atoms with Crippen LogP contribution < -0.4 is 0 Å². The number of methoxy groups -OCH3 is 1. The van der Waals surface area contributed by atoms with Crippen molar-refractivity contribution in [3.63, 3.8) is 0 Å². The average Bonchev–Trinajstić information content (AvgIpc) is 2.19. The maximum absolute atomic E-state index is 13.1. The van der Waals surface area contributed by atoms with Gasteiger partial charge in [-0.25, -0.2) is 9.18 Å². The minimum Gasteiger partial charge on any atom is -0.467 e. The molecule has 0 aromatic heterocycles. The lowest BCUT2D eigenvalue weighted by Gasteiger charge is -2.09. The first-order chi connectivity index (χ1) is 6.56. The average molecular weight is 198 g/mol. The van der Waals surface area contributed by atoms with Crippen LogP contribution in [-0.2, 0) is 9.53 Å². The summed E-state index contributed by atoms with van der Waals surface area (Å²) in [6.45, 7) is 1.74. The third-order valence-electron chi connectivity index (χ3n) is 1.87. The molecule has 0 radical (unpaired) electrons. The molecule has 1 N–H and O–H groups in total. The first kappa shape index (κ1) is 10.7. The van der Waals surface area contributed by atoms with E-state index in [0.717, 1.165) is 12.7 Å². The Morgan fingerprint density at radius 1 is 1.57 bits per heavy atom. The van der Waals surface area contributed by atoms with E-state index >= 15 is 0 Å². The molecule has 3 nitrogen and oxygen atoms in total. The van der Waals surface area contributed by atoms with Crippen molar-refractivity contribution in [2.75, 3.05) is 7.11 Å². The molecule has 0 heterocycles. The minimum absolute atomic E-state index is 0.0585. The number of carbonyl (C=O) groups is 1. The molecule has 0 saturated carbocycles. The lowest BCUT2D eigenvalue weighted by molar-refractivity contribution is -0.150. The van der Waals surface area contributed by atoms with E-state index in [1.54, 1.807) is 13.0 Å². The molecule has 1 aromatic rings. The largest absolute Gasteiger partial charge is 0.467 e. The molecule has 1 atom stereocenters. The number of halogens is 1. The topological polar surface area (TPSA) is 46.5 Å². The van der Waals surface area contributed by atoms with Crippen LogP contribution in [0.5, 0.6) is 0 Å². The van der Waals surface area contributed by atoms with Gasteiger partial charge >= 0.3 is 5.97 Å². The maximum Gasteiger partial charge on any atom is 0.339 e. The molecule has 1 unspecified atom stereocenters. The summed E-state index contributed by atoms with van der Waals surface area (Å²) < 4.78 is 17.5. The van der Waals surface area contributed by atoms with Gasteiger partial charge in [0.05, 0.1) is 7.11 Å². The number of carbonyl (C=O) groups excluding carboxylic acids is 1. The number of rotatable bonds is 2. The van der Waals surface area contributed by atoms with Crippen LogP contribution in [0.2, 0.25) is 0 Å². The Balaban J connectivity index is 3.05. The molecule has 0 saturated heterocycles. The number of hydrogen-bond donors (Lipinski definition) is 1. The van der Waals surface area contributed by atoms with Gasteiger partial charge in [0.15, 0.2) is 6.10 Å². The molecule has 0 amide bonds. The monoisotopic (exact) mass is 198 g/mol. The second-order valence-electron chi connectivity index (χ2n) is 2.95. The van der Waals surface area contributed by atoms with Crippen LogP contribution in [0.15, 0.2) is 18.2 Å². The van der Waals surface area contributed by atoms with Gasteiger partial charge in [0.1, 0.15) is 5.82 Å². The number of hydrogen-bond acceptors (Lipinski definition) is 3. The molecule has 4 heteroatoms. The summed E-state index contributed by atoms with van der Waals surface area (Å²) in [5.41, 5.74) is 0.709. The standard InChI is InChI=1S/C10H11FO3/c1-6-3-4-8(11)7(5-6)9(12)10(13)14-2/h3-5,9,12H,1-2H3. The van der Waals surface area contributed by atoms with Crippen LogP contribution in [0.3, 0.4) is 0 Å². The molecule has 14 heavy (non-hydrogen) atoms. The van der Waals surface area contributed by atoms with Gasteiger partial charge in [0, 0.05) is 5.56 Å². The van der Waals surface area contributed by atoms with Crippen molar-refractivity contribution < 1.29 is 19.0 Å². The quantitative estimate of drug-likeness (QED) is 0.729. The van der Waals surface area contributed by atoms with E-state index in [2.05, 4.69) is 4.74 Å². The van der Waals surface area contributed by atoms with Gasteiger partial charge in [-0.3, -0.25) is 0 Å². The normalized spacial score (nSPS) is 12.3. The molecule has 0 aliphatic rings. The third kappa shape index (κ3) is 2.09. The number of benzene rings is 1. The van der Waals surface area contributed by atoms with Gasteiger partial charge in [-0.1, -0.05) is 11.6 Å². The fraction of sp³-hybridized carbons (Fsp3) is 0.300. The number of aliphatic hydroxyl groups is 1. The highest BCUT2D eigenvalue weighted by Crippen LogP contribution is 2.19. The summed E-state index contributed by atoms with van der Waals surface area (Å²) in [5, 5.41) is 9.38. The van der Waals surface area contributed by atoms with Gasteiger partial charge in [0.2, 0.25) is 0 Å². The lowest BCUT2D eigenvalue weighted by Crippen LogP contribution is -2.15. The second-order valence-corrected chi connectivity index (χ2v) is 2.95. The van der Waals surface area contributed by atoms with Crippen LogP contribution in [0.1, 0.15) is 17.2 Å².